The van der Waals surface area contributed by atoms with Gasteiger partial charge in [0.15, 0.2) is 5.13 Å². The van der Waals surface area contributed by atoms with Crippen LogP contribution in [-0.4, -0.2) is 54.2 Å². The lowest BCUT2D eigenvalue weighted by Crippen LogP contribution is -2.41. The van der Waals surface area contributed by atoms with Crippen LogP contribution in [0.1, 0.15) is 62.0 Å². The van der Waals surface area contributed by atoms with Gasteiger partial charge in [0, 0.05) is 30.1 Å². The number of thiazole rings is 1. The number of aromatic nitrogens is 1. The van der Waals surface area contributed by atoms with E-state index in [1.807, 2.05) is 12.3 Å². The first kappa shape index (κ1) is 23.4. The van der Waals surface area contributed by atoms with Crippen LogP contribution in [0.5, 0.6) is 0 Å². The highest BCUT2D eigenvalue weighted by molar-refractivity contribution is 7.89. The van der Waals surface area contributed by atoms with Gasteiger partial charge in [-0.1, -0.05) is 13.3 Å². The molecule has 2 fully saturated rings. The van der Waals surface area contributed by atoms with E-state index in [-0.39, 0.29) is 16.8 Å². The third kappa shape index (κ3) is 5.39. The number of carbonyl (C=O) groups is 1. The molecular weight excluding hydrogens is 444 g/mol. The van der Waals surface area contributed by atoms with Gasteiger partial charge in [-0.3, -0.25) is 15.0 Å². The molecule has 1 unspecified atom stereocenters. The fourth-order valence-electron chi connectivity index (χ4n) is 4.40. The normalized spacial score (nSPS) is 21.5. The molecule has 7 nitrogen and oxygen atoms in total. The molecule has 9 heteroatoms. The summed E-state index contributed by atoms with van der Waals surface area (Å²) in [5, 5.41) is 5.39. The van der Waals surface area contributed by atoms with Gasteiger partial charge in [0.05, 0.1) is 10.6 Å². The Balaban J connectivity index is 1.36. The zero-order valence-electron chi connectivity index (χ0n) is 18.8. The number of rotatable bonds is 6. The van der Waals surface area contributed by atoms with E-state index in [4.69, 9.17) is 0 Å². The van der Waals surface area contributed by atoms with E-state index in [2.05, 4.69) is 22.1 Å². The number of sulfonamides is 1. The van der Waals surface area contributed by atoms with Crippen molar-refractivity contribution in [2.24, 2.45) is 5.92 Å². The molecule has 4 rings (SSSR count). The first-order chi connectivity index (χ1) is 15.3. The van der Waals surface area contributed by atoms with Gasteiger partial charge in [0.2, 0.25) is 10.0 Å². The standard InChI is InChI=1S/C23H32N4O3S2/c1-17-10-13-26(14-11-17)15-20-16-31-23(24-20)25-22(28)19-6-8-21(9-7-19)32(29,30)27-12-4-3-5-18(27)2/h6-9,16-18H,3-5,10-15H2,1-2H3,(H,24,25,28). The average Bonchev–Trinajstić information content (AvgIpc) is 3.22. The van der Waals surface area contributed by atoms with E-state index in [0.717, 1.165) is 50.5 Å². The third-order valence-electron chi connectivity index (χ3n) is 6.50. The Morgan fingerprint density at radius 2 is 1.81 bits per heavy atom. The number of carbonyl (C=O) groups excluding carboxylic acids is 1. The van der Waals surface area contributed by atoms with Crippen LogP contribution in [0.25, 0.3) is 0 Å². The van der Waals surface area contributed by atoms with Gasteiger partial charge in [-0.25, -0.2) is 13.4 Å². The van der Waals surface area contributed by atoms with Crippen molar-refractivity contribution in [1.82, 2.24) is 14.2 Å². The number of hydrogen-bond acceptors (Lipinski definition) is 6. The smallest absolute Gasteiger partial charge is 0.257 e. The summed E-state index contributed by atoms with van der Waals surface area (Å²) in [6, 6.07) is 6.19. The number of hydrogen-bond donors (Lipinski definition) is 1. The maximum atomic E-state index is 13.0. The van der Waals surface area contributed by atoms with Crippen molar-refractivity contribution in [3.8, 4) is 0 Å². The van der Waals surface area contributed by atoms with Gasteiger partial charge < -0.3 is 0 Å². The molecule has 0 bridgehead atoms. The summed E-state index contributed by atoms with van der Waals surface area (Å²) >= 11 is 1.42. The Hall–Kier alpha value is -1.81. The van der Waals surface area contributed by atoms with E-state index in [1.54, 1.807) is 16.4 Å². The quantitative estimate of drug-likeness (QED) is 0.676. The number of amides is 1. The summed E-state index contributed by atoms with van der Waals surface area (Å²) in [5.41, 5.74) is 1.38. The van der Waals surface area contributed by atoms with E-state index < -0.39 is 10.0 Å². The van der Waals surface area contributed by atoms with Crippen molar-refractivity contribution < 1.29 is 13.2 Å². The Morgan fingerprint density at radius 3 is 2.50 bits per heavy atom. The minimum Gasteiger partial charge on any atom is -0.298 e. The zero-order valence-corrected chi connectivity index (χ0v) is 20.4. The van der Waals surface area contributed by atoms with Crippen molar-refractivity contribution in [1.29, 1.82) is 0 Å². The summed E-state index contributed by atoms with van der Waals surface area (Å²) in [4.78, 5) is 19.8. The molecule has 0 spiro atoms. The summed E-state index contributed by atoms with van der Waals surface area (Å²) in [6.07, 6.45) is 5.26. The van der Waals surface area contributed by atoms with Gasteiger partial charge >= 0.3 is 0 Å². The molecule has 1 amide bonds. The van der Waals surface area contributed by atoms with E-state index in [0.29, 0.717) is 17.2 Å². The monoisotopic (exact) mass is 476 g/mol. The molecule has 0 saturated carbocycles. The van der Waals surface area contributed by atoms with Gasteiger partial charge in [-0.05, 0) is 75.9 Å². The molecule has 32 heavy (non-hydrogen) atoms. The minimum atomic E-state index is -3.54. The minimum absolute atomic E-state index is 0.00385. The van der Waals surface area contributed by atoms with Crippen LogP contribution in [0, 0.1) is 5.92 Å². The van der Waals surface area contributed by atoms with Crippen LogP contribution in [0.4, 0.5) is 5.13 Å². The fraction of sp³-hybridized carbons (Fsp3) is 0.565. The summed E-state index contributed by atoms with van der Waals surface area (Å²) in [5.74, 6) is 0.508. The molecule has 3 heterocycles. The van der Waals surface area contributed by atoms with Gasteiger partial charge in [0.1, 0.15) is 0 Å². The van der Waals surface area contributed by atoms with Crippen LogP contribution >= 0.6 is 11.3 Å². The summed E-state index contributed by atoms with van der Waals surface area (Å²) in [7, 11) is -3.54. The Kier molecular flexibility index (Phi) is 7.29. The van der Waals surface area contributed by atoms with Gasteiger partial charge in [-0.15, -0.1) is 11.3 Å². The molecule has 1 atom stereocenters. The van der Waals surface area contributed by atoms with Crippen LogP contribution in [-0.2, 0) is 16.6 Å². The van der Waals surface area contributed by atoms with E-state index in [1.165, 1.54) is 36.3 Å². The Morgan fingerprint density at radius 1 is 1.09 bits per heavy atom. The first-order valence-electron chi connectivity index (χ1n) is 11.4. The molecule has 2 aliphatic heterocycles. The Labute approximate surface area is 194 Å². The Bertz CT molecular complexity index is 1030. The van der Waals surface area contributed by atoms with Gasteiger partial charge in [0.25, 0.3) is 5.91 Å². The molecule has 174 valence electrons. The lowest BCUT2D eigenvalue weighted by molar-refractivity contribution is 0.102. The van der Waals surface area contributed by atoms with Crippen molar-refractivity contribution in [3.05, 3.63) is 40.9 Å². The number of anilines is 1. The lowest BCUT2D eigenvalue weighted by atomic mass is 9.99. The molecule has 0 aliphatic carbocycles. The number of nitrogens with zero attached hydrogens (tertiary/aromatic N) is 3. The molecule has 0 radical (unpaired) electrons. The molecule has 2 aliphatic rings. The van der Waals surface area contributed by atoms with Crippen LogP contribution in [0.2, 0.25) is 0 Å². The number of likely N-dealkylation sites (tertiary alicyclic amines) is 1. The molecule has 2 saturated heterocycles. The second kappa shape index (κ2) is 9.99. The zero-order chi connectivity index (χ0) is 22.7. The molecule has 1 aromatic carbocycles. The topological polar surface area (TPSA) is 82.6 Å². The molecule has 1 aromatic heterocycles. The SMILES string of the molecule is CC1CCN(Cc2csc(NC(=O)c3ccc(S(=O)(=O)N4CCCCC4C)cc3)n2)CC1. The van der Waals surface area contributed by atoms with Crippen LogP contribution in [0.15, 0.2) is 34.5 Å². The maximum absolute atomic E-state index is 13.0. The summed E-state index contributed by atoms with van der Waals surface area (Å²) < 4.78 is 27.5. The second-order valence-electron chi connectivity index (χ2n) is 9.04. The van der Waals surface area contributed by atoms with Crippen LogP contribution < -0.4 is 5.32 Å². The highest BCUT2D eigenvalue weighted by atomic mass is 32.2. The predicted molar refractivity (Wildman–Crippen MR) is 127 cm³/mol. The van der Waals surface area contributed by atoms with Gasteiger partial charge in [-0.2, -0.15) is 4.31 Å². The predicted octanol–water partition coefficient (Wildman–Crippen LogP) is 4.19. The highest BCUT2D eigenvalue weighted by Gasteiger charge is 2.31. The fourth-order valence-corrected chi connectivity index (χ4v) is 6.79. The van der Waals surface area contributed by atoms with Crippen LogP contribution in [0.3, 0.4) is 0 Å². The van der Waals surface area contributed by atoms with Crippen molar-refractivity contribution in [3.63, 3.8) is 0 Å². The van der Waals surface area contributed by atoms with Crippen molar-refractivity contribution in [2.45, 2.75) is 63.4 Å². The largest absolute Gasteiger partial charge is 0.298 e. The average molecular weight is 477 g/mol. The number of benzene rings is 1. The highest BCUT2D eigenvalue weighted by Crippen LogP contribution is 2.26. The number of nitrogens with one attached hydrogen (secondary N) is 1. The summed E-state index contributed by atoms with van der Waals surface area (Å²) in [6.45, 7) is 7.78. The number of piperidine rings is 2. The lowest BCUT2D eigenvalue weighted by Gasteiger charge is -2.32. The first-order valence-corrected chi connectivity index (χ1v) is 13.7. The van der Waals surface area contributed by atoms with E-state index in [9.17, 15) is 13.2 Å². The van der Waals surface area contributed by atoms with E-state index >= 15 is 0 Å². The molecule has 2 aromatic rings. The molecule has 1 N–H and O–H groups in total. The maximum Gasteiger partial charge on any atom is 0.257 e. The molecular formula is C23H32N4O3S2. The van der Waals surface area contributed by atoms with Crippen molar-refractivity contribution >= 4 is 32.4 Å². The van der Waals surface area contributed by atoms with Crippen molar-refractivity contribution in [2.75, 3.05) is 25.0 Å². The second-order valence-corrected chi connectivity index (χ2v) is 11.8. The third-order valence-corrected chi connectivity index (χ3v) is 9.33.